The average molecular weight is 1040 g/mol. The first kappa shape index (κ1) is 51.2. The van der Waals surface area contributed by atoms with Crippen molar-refractivity contribution in [2.45, 2.75) is 55.6 Å². The van der Waals surface area contributed by atoms with Gasteiger partial charge in [-0.25, -0.2) is 9.69 Å². The molecule has 14 nitrogen and oxygen atoms in total. The van der Waals surface area contributed by atoms with Crippen molar-refractivity contribution in [2.24, 2.45) is 5.92 Å². The number of morpholine rings is 1. The van der Waals surface area contributed by atoms with E-state index < -0.39 is 65.4 Å². The molecule has 4 amide bonds. The maximum atomic E-state index is 17.2. The zero-order chi connectivity index (χ0) is 54.1. The van der Waals surface area contributed by atoms with Gasteiger partial charge in [-0.2, -0.15) is 0 Å². The number of imide groups is 1. The SMILES string of the molecule is COc1ccc(C#Cc2ccc3c(c2)[C@]2(C(=O)N3C(=O)N[C@H](C)c3ccccc3)[C@H](C(=O)N3CCc4cc(OC)c(OC)cc4C3)[C@H]3C(=O)O[C@H](c4ccccc4)[C@H](c4ccccc4)N3[C@@H]2c2ccccc2OCCO)cc1. The molecule has 0 unspecified atom stereocenters. The quantitative estimate of drug-likeness (QED) is 0.0889. The molecule has 14 heteroatoms. The number of anilines is 1. The number of urea groups is 1. The standard InChI is InChI=1S/C64H58N4O10/c1-40(43-16-8-5-9-17-43)65-63(73)67-51-31-28-42(25-24-41-26-29-48(74-2)30-27-41)36-50(51)64(62(67)72)55(60(70)66-33-32-46-37-53(75-3)54(76-4)38-47(46)39-66)57-61(71)78-58(45-20-12-7-13-21-45)56(44-18-10-6-11-19-44)68(57)59(64)49-22-14-15-23-52(49)77-35-34-69/h5-23,26-31,36-38,40,55-59,69H,32-35,39H2,1-4H3,(H,65,73)/t40-,55+,56+,57+,58-,59-,64+/m1/s1. The molecule has 0 bridgehead atoms. The molecule has 4 heterocycles. The Morgan fingerprint density at radius 2 is 1.35 bits per heavy atom. The van der Waals surface area contributed by atoms with Crippen molar-refractivity contribution in [3.63, 3.8) is 0 Å². The van der Waals surface area contributed by atoms with Crippen LogP contribution in [0.3, 0.4) is 0 Å². The number of cyclic esters (lactones) is 1. The summed E-state index contributed by atoms with van der Waals surface area (Å²) in [6.07, 6.45) is -0.532. The largest absolute Gasteiger partial charge is 0.497 e. The number of para-hydroxylation sites is 1. The number of nitrogens with one attached hydrogen (secondary N) is 1. The Morgan fingerprint density at radius 1 is 0.718 bits per heavy atom. The van der Waals surface area contributed by atoms with Gasteiger partial charge in [-0.1, -0.05) is 121 Å². The predicted molar refractivity (Wildman–Crippen MR) is 292 cm³/mol. The Bertz CT molecular complexity index is 3460. The third-order valence-electron chi connectivity index (χ3n) is 15.6. The summed E-state index contributed by atoms with van der Waals surface area (Å²) in [7, 11) is 4.72. The molecule has 7 aromatic rings. The summed E-state index contributed by atoms with van der Waals surface area (Å²) in [6.45, 7) is 1.72. The molecule has 2 saturated heterocycles. The highest BCUT2D eigenvalue weighted by Gasteiger charge is 2.76. The van der Waals surface area contributed by atoms with E-state index >= 15 is 19.2 Å². The van der Waals surface area contributed by atoms with Gasteiger partial charge in [-0.05, 0) is 107 Å². The summed E-state index contributed by atoms with van der Waals surface area (Å²) in [5.41, 5.74) is 4.04. The van der Waals surface area contributed by atoms with Gasteiger partial charge in [-0.3, -0.25) is 19.3 Å². The van der Waals surface area contributed by atoms with Crippen LogP contribution in [-0.2, 0) is 37.5 Å². The van der Waals surface area contributed by atoms with E-state index in [-0.39, 0.29) is 32.0 Å². The molecule has 0 saturated carbocycles. The number of methoxy groups -OCH3 is 3. The van der Waals surface area contributed by atoms with Crippen molar-refractivity contribution in [1.82, 2.24) is 15.1 Å². The second-order valence-corrected chi connectivity index (χ2v) is 19.8. The topological polar surface area (TPSA) is 156 Å². The molecule has 11 rings (SSSR count). The van der Waals surface area contributed by atoms with E-state index in [4.69, 9.17) is 23.7 Å². The van der Waals surface area contributed by atoms with Gasteiger partial charge in [0.25, 0.3) is 0 Å². The van der Waals surface area contributed by atoms with Crippen LogP contribution in [-0.4, -0.2) is 85.9 Å². The lowest BCUT2D eigenvalue weighted by Crippen LogP contribution is -2.57. The summed E-state index contributed by atoms with van der Waals surface area (Å²) in [4.78, 5) is 70.1. The number of hydrogen-bond donors (Lipinski definition) is 2. The van der Waals surface area contributed by atoms with Gasteiger partial charge in [0.15, 0.2) is 11.5 Å². The van der Waals surface area contributed by atoms with Gasteiger partial charge in [0.2, 0.25) is 11.8 Å². The number of aliphatic hydroxyl groups is 1. The average Bonchev–Trinajstić information content (AvgIpc) is 3.71. The molecule has 394 valence electrons. The molecular formula is C64H58N4O10. The van der Waals surface area contributed by atoms with Gasteiger partial charge in [0, 0.05) is 29.8 Å². The highest BCUT2D eigenvalue weighted by Crippen LogP contribution is 2.67. The second kappa shape index (κ2) is 21.6. The lowest BCUT2D eigenvalue weighted by atomic mass is 9.64. The summed E-state index contributed by atoms with van der Waals surface area (Å²) in [6, 6.07) is 47.2. The molecule has 1 spiro atoms. The lowest BCUT2D eigenvalue weighted by molar-refractivity contribution is -0.179. The van der Waals surface area contributed by atoms with Crippen molar-refractivity contribution in [2.75, 3.05) is 46.0 Å². The third kappa shape index (κ3) is 8.94. The molecule has 7 atom stereocenters. The number of rotatable bonds is 12. The molecule has 2 fully saturated rings. The Morgan fingerprint density at radius 3 is 2.03 bits per heavy atom. The smallest absolute Gasteiger partial charge is 0.329 e. The number of hydrogen-bond acceptors (Lipinski definition) is 11. The lowest BCUT2D eigenvalue weighted by Gasteiger charge is -2.46. The summed E-state index contributed by atoms with van der Waals surface area (Å²) >= 11 is 0. The number of benzene rings is 7. The van der Waals surface area contributed by atoms with E-state index in [9.17, 15) is 5.11 Å². The van der Waals surface area contributed by atoms with Gasteiger partial charge in [0.05, 0.1) is 57.7 Å². The summed E-state index contributed by atoms with van der Waals surface area (Å²) in [5.74, 6) is 5.08. The monoisotopic (exact) mass is 1040 g/mol. The fraction of sp³-hybridized carbons (Fsp3) is 0.250. The minimum Gasteiger partial charge on any atom is -0.497 e. The van der Waals surface area contributed by atoms with Crippen molar-refractivity contribution >= 4 is 29.5 Å². The highest BCUT2D eigenvalue weighted by atomic mass is 16.6. The molecule has 2 N–H and O–H groups in total. The highest BCUT2D eigenvalue weighted by molar-refractivity contribution is 6.25. The van der Waals surface area contributed by atoms with E-state index in [1.165, 1.54) is 0 Å². The zero-order valence-electron chi connectivity index (χ0n) is 43.6. The Kier molecular flexibility index (Phi) is 14.2. The second-order valence-electron chi connectivity index (χ2n) is 19.8. The fourth-order valence-corrected chi connectivity index (χ4v) is 12.1. The minimum atomic E-state index is -2.10. The molecular weight excluding hydrogens is 985 g/mol. The number of fused-ring (bicyclic) bond motifs is 4. The normalized spacial score (nSPS) is 21.5. The van der Waals surface area contributed by atoms with Crippen LogP contribution in [0.1, 0.15) is 81.2 Å². The molecule has 0 radical (unpaired) electrons. The van der Waals surface area contributed by atoms with Crippen LogP contribution in [0, 0.1) is 17.8 Å². The van der Waals surface area contributed by atoms with Gasteiger partial charge in [-0.15, -0.1) is 0 Å². The van der Waals surface area contributed by atoms with Crippen molar-refractivity contribution in [3.8, 4) is 34.8 Å². The molecule has 7 aromatic carbocycles. The molecule has 0 aromatic heterocycles. The summed E-state index contributed by atoms with van der Waals surface area (Å²) < 4.78 is 30.0. The first-order chi connectivity index (χ1) is 38.1. The Balaban J connectivity index is 1.20. The van der Waals surface area contributed by atoms with Crippen LogP contribution >= 0.6 is 0 Å². The maximum absolute atomic E-state index is 17.2. The molecule has 4 aliphatic heterocycles. The number of nitrogens with zero attached hydrogens (tertiary/aromatic N) is 3. The van der Waals surface area contributed by atoms with E-state index in [0.717, 1.165) is 27.2 Å². The van der Waals surface area contributed by atoms with E-state index in [0.29, 0.717) is 57.2 Å². The minimum absolute atomic E-state index is 0.103. The zero-order valence-corrected chi connectivity index (χ0v) is 43.6. The number of aliphatic hydroxyl groups excluding tert-OH is 1. The van der Waals surface area contributed by atoms with Gasteiger partial charge in [0.1, 0.15) is 35.7 Å². The van der Waals surface area contributed by atoms with Crippen LogP contribution < -0.4 is 29.2 Å². The first-order valence-corrected chi connectivity index (χ1v) is 26.0. The van der Waals surface area contributed by atoms with Crippen LogP contribution in [0.2, 0.25) is 0 Å². The molecule has 4 aliphatic rings. The number of esters is 1. The van der Waals surface area contributed by atoms with Crippen molar-refractivity contribution < 1.29 is 48.0 Å². The number of carbonyl (C=O) groups is 4. The number of carbonyl (C=O) groups excluding carboxylic acids is 4. The third-order valence-corrected chi connectivity index (χ3v) is 15.6. The fourth-order valence-electron chi connectivity index (χ4n) is 12.1. The van der Waals surface area contributed by atoms with Crippen LogP contribution in [0.4, 0.5) is 10.5 Å². The van der Waals surface area contributed by atoms with Gasteiger partial charge >= 0.3 is 12.0 Å². The van der Waals surface area contributed by atoms with E-state index in [2.05, 4.69) is 17.2 Å². The maximum Gasteiger partial charge on any atom is 0.329 e. The predicted octanol–water partition coefficient (Wildman–Crippen LogP) is 9.20. The molecule has 78 heavy (non-hydrogen) atoms. The van der Waals surface area contributed by atoms with Crippen molar-refractivity contribution in [3.05, 3.63) is 220 Å². The first-order valence-electron chi connectivity index (χ1n) is 26.0. The van der Waals surface area contributed by atoms with Crippen molar-refractivity contribution in [1.29, 1.82) is 0 Å². The van der Waals surface area contributed by atoms with Crippen LogP contribution in [0.5, 0.6) is 23.0 Å². The Hall–Kier alpha value is -8.90. The van der Waals surface area contributed by atoms with Gasteiger partial charge < -0.3 is 39.0 Å². The Labute approximate surface area is 453 Å². The summed E-state index contributed by atoms with van der Waals surface area (Å²) in [5, 5.41) is 13.4. The molecule has 0 aliphatic carbocycles. The number of amides is 4. The number of ether oxygens (including phenoxy) is 5. The van der Waals surface area contributed by atoms with Crippen LogP contribution in [0.25, 0.3) is 0 Å². The van der Waals surface area contributed by atoms with E-state index in [1.54, 1.807) is 56.6 Å². The van der Waals surface area contributed by atoms with E-state index in [1.807, 2.05) is 151 Å². The van der Waals surface area contributed by atoms with Crippen LogP contribution in [0.15, 0.2) is 170 Å².